The van der Waals surface area contributed by atoms with Gasteiger partial charge in [-0.1, -0.05) is 0 Å². The van der Waals surface area contributed by atoms with Crippen molar-refractivity contribution in [3.63, 3.8) is 0 Å². The molecule has 3 rings (SSSR count). The molecule has 0 aliphatic carbocycles. The molecule has 1 aromatic rings. The van der Waals surface area contributed by atoms with E-state index in [9.17, 15) is 9.90 Å². The van der Waals surface area contributed by atoms with Crippen LogP contribution in [0.4, 0.5) is 5.82 Å². The Labute approximate surface area is 150 Å². The maximum absolute atomic E-state index is 12.9. The molecule has 0 radical (unpaired) electrons. The maximum atomic E-state index is 12.9. The van der Waals surface area contributed by atoms with Crippen LogP contribution in [0.3, 0.4) is 0 Å². The van der Waals surface area contributed by atoms with E-state index in [-0.39, 0.29) is 12.0 Å². The molecule has 2 atom stereocenters. The number of piperidine rings is 1. The van der Waals surface area contributed by atoms with Gasteiger partial charge in [0.25, 0.3) is 5.91 Å². The molecule has 25 heavy (non-hydrogen) atoms. The van der Waals surface area contributed by atoms with E-state index >= 15 is 0 Å². The van der Waals surface area contributed by atoms with Crippen LogP contribution in [0.1, 0.15) is 43.5 Å². The number of amides is 1. The Morgan fingerprint density at radius 3 is 2.72 bits per heavy atom. The van der Waals surface area contributed by atoms with E-state index in [1.807, 2.05) is 17.0 Å². The molecule has 0 saturated carbocycles. The van der Waals surface area contributed by atoms with Crippen LogP contribution in [0.5, 0.6) is 0 Å². The number of pyridine rings is 1. The minimum Gasteiger partial charge on any atom is -0.392 e. The molecule has 6 heteroatoms. The fraction of sp³-hybridized carbons (Fsp3) is 0.684. The summed E-state index contributed by atoms with van der Waals surface area (Å²) in [5.41, 5.74) is 0.728. The van der Waals surface area contributed by atoms with Crippen molar-refractivity contribution in [3.8, 4) is 0 Å². The number of carbonyl (C=O) groups excluding carboxylic acids is 1. The second-order valence-electron chi connectivity index (χ2n) is 7.38. The number of β-amino-alcohol motifs (C(OH)–C–C–N with tert-alkyl or cyclic N) is 1. The summed E-state index contributed by atoms with van der Waals surface area (Å²) in [6, 6.07) is 4.25. The zero-order chi connectivity index (χ0) is 17.8. The van der Waals surface area contributed by atoms with Crippen molar-refractivity contribution in [2.45, 2.75) is 45.3 Å². The number of carbonyl (C=O) groups is 1. The zero-order valence-electron chi connectivity index (χ0n) is 15.4. The van der Waals surface area contributed by atoms with Crippen molar-refractivity contribution in [2.75, 3.05) is 44.2 Å². The molecule has 2 aliphatic rings. The molecule has 2 fully saturated rings. The van der Waals surface area contributed by atoms with Crippen molar-refractivity contribution >= 4 is 11.7 Å². The Morgan fingerprint density at radius 1 is 1.28 bits per heavy atom. The van der Waals surface area contributed by atoms with Crippen molar-refractivity contribution in [2.24, 2.45) is 0 Å². The van der Waals surface area contributed by atoms with E-state index in [0.717, 1.165) is 31.0 Å². The van der Waals surface area contributed by atoms with Gasteiger partial charge in [-0.2, -0.15) is 0 Å². The fourth-order valence-electron chi connectivity index (χ4n) is 3.84. The first-order valence-electron chi connectivity index (χ1n) is 9.47. The summed E-state index contributed by atoms with van der Waals surface area (Å²) >= 11 is 0. The van der Waals surface area contributed by atoms with Crippen molar-refractivity contribution < 1.29 is 9.90 Å². The average molecular weight is 346 g/mol. The van der Waals surface area contributed by atoms with Gasteiger partial charge in [-0.05, 0) is 45.2 Å². The quantitative estimate of drug-likeness (QED) is 0.897. The molecular formula is C19H30N4O2. The molecule has 2 saturated heterocycles. The molecule has 1 amide bonds. The van der Waals surface area contributed by atoms with Crippen LogP contribution in [0.15, 0.2) is 18.3 Å². The molecule has 0 aromatic carbocycles. The third-order valence-electron chi connectivity index (χ3n) is 5.27. The number of aliphatic hydroxyl groups excluding tert-OH is 1. The second kappa shape index (κ2) is 8.15. The number of hydrogen-bond donors (Lipinski definition) is 1. The number of anilines is 1. The molecule has 0 spiro atoms. The summed E-state index contributed by atoms with van der Waals surface area (Å²) in [6.07, 6.45) is 5.08. The van der Waals surface area contributed by atoms with Gasteiger partial charge in [-0.15, -0.1) is 0 Å². The fourth-order valence-corrected chi connectivity index (χ4v) is 3.84. The van der Waals surface area contributed by atoms with Crippen molar-refractivity contribution in [1.29, 1.82) is 0 Å². The average Bonchev–Trinajstić information content (AvgIpc) is 2.62. The first-order valence-corrected chi connectivity index (χ1v) is 9.47. The minimum atomic E-state index is -0.323. The highest BCUT2D eigenvalue weighted by Gasteiger charge is 2.24. The van der Waals surface area contributed by atoms with Gasteiger partial charge >= 0.3 is 0 Å². The van der Waals surface area contributed by atoms with Crippen molar-refractivity contribution in [3.05, 3.63) is 23.9 Å². The van der Waals surface area contributed by atoms with Gasteiger partial charge in [-0.25, -0.2) is 4.98 Å². The monoisotopic (exact) mass is 346 g/mol. The van der Waals surface area contributed by atoms with Crippen LogP contribution in [0, 0.1) is 0 Å². The predicted molar refractivity (Wildman–Crippen MR) is 98.9 cm³/mol. The van der Waals surface area contributed by atoms with Gasteiger partial charge in [0.05, 0.1) is 6.10 Å². The summed E-state index contributed by atoms with van der Waals surface area (Å²) in [4.78, 5) is 23.8. The number of hydrogen-bond acceptors (Lipinski definition) is 5. The second-order valence-corrected chi connectivity index (χ2v) is 7.38. The molecule has 6 nitrogen and oxygen atoms in total. The van der Waals surface area contributed by atoms with Crippen molar-refractivity contribution in [1.82, 2.24) is 14.8 Å². The van der Waals surface area contributed by atoms with E-state index in [2.05, 4.69) is 21.7 Å². The minimum absolute atomic E-state index is 0.0880. The lowest BCUT2D eigenvalue weighted by atomic mass is 10.0. The predicted octanol–water partition coefficient (Wildman–Crippen LogP) is 1.60. The largest absolute Gasteiger partial charge is 0.392 e. The summed E-state index contributed by atoms with van der Waals surface area (Å²) in [5, 5.41) is 9.50. The van der Waals surface area contributed by atoms with Gasteiger partial charge < -0.3 is 14.9 Å². The highest BCUT2D eigenvalue weighted by molar-refractivity contribution is 5.95. The summed E-state index contributed by atoms with van der Waals surface area (Å²) < 4.78 is 0. The van der Waals surface area contributed by atoms with Gasteiger partial charge in [0, 0.05) is 57.1 Å². The summed E-state index contributed by atoms with van der Waals surface area (Å²) in [7, 11) is 0. The molecular weight excluding hydrogens is 316 g/mol. The third-order valence-corrected chi connectivity index (χ3v) is 5.27. The Morgan fingerprint density at radius 2 is 2.04 bits per heavy atom. The molecule has 0 unspecified atom stereocenters. The van der Waals surface area contributed by atoms with Gasteiger partial charge in [0.1, 0.15) is 5.82 Å². The highest BCUT2D eigenvalue weighted by Crippen LogP contribution is 2.24. The SMILES string of the molecule is C[C@H](O)CN1CCN(C(=O)c2ccnc(N3CCCC[C@@H]3C)c2)CC1. The van der Waals surface area contributed by atoms with E-state index in [0.29, 0.717) is 25.7 Å². The molecule has 1 N–H and O–H groups in total. The van der Waals surface area contributed by atoms with E-state index in [1.165, 1.54) is 19.3 Å². The van der Waals surface area contributed by atoms with Crippen LogP contribution in [0.25, 0.3) is 0 Å². The zero-order valence-corrected chi connectivity index (χ0v) is 15.4. The Balaban J connectivity index is 1.64. The summed E-state index contributed by atoms with van der Waals surface area (Å²) in [6.45, 7) is 8.79. The van der Waals surface area contributed by atoms with E-state index in [4.69, 9.17) is 0 Å². The van der Waals surface area contributed by atoms with Crippen LogP contribution in [0.2, 0.25) is 0 Å². The highest BCUT2D eigenvalue weighted by atomic mass is 16.3. The van der Waals surface area contributed by atoms with Gasteiger partial charge in [0.15, 0.2) is 0 Å². The van der Waals surface area contributed by atoms with E-state index < -0.39 is 0 Å². The molecule has 3 heterocycles. The van der Waals surface area contributed by atoms with Crippen LogP contribution in [-0.4, -0.2) is 77.2 Å². The lowest BCUT2D eigenvalue weighted by Gasteiger charge is -2.36. The first-order chi connectivity index (χ1) is 12.0. The Kier molecular flexibility index (Phi) is 5.91. The maximum Gasteiger partial charge on any atom is 0.254 e. The molecule has 138 valence electrons. The number of aliphatic hydroxyl groups is 1. The third kappa shape index (κ3) is 4.50. The number of piperazine rings is 1. The Hall–Kier alpha value is -1.66. The molecule has 0 bridgehead atoms. The van der Waals surface area contributed by atoms with Crippen LogP contribution >= 0.6 is 0 Å². The smallest absolute Gasteiger partial charge is 0.254 e. The first kappa shape index (κ1) is 18.1. The van der Waals surface area contributed by atoms with Crippen LogP contribution < -0.4 is 4.90 Å². The van der Waals surface area contributed by atoms with Crippen LogP contribution in [-0.2, 0) is 0 Å². The van der Waals surface area contributed by atoms with E-state index in [1.54, 1.807) is 13.1 Å². The topological polar surface area (TPSA) is 59.9 Å². The number of nitrogens with zero attached hydrogens (tertiary/aromatic N) is 4. The number of aromatic nitrogens is 1. The summed E-state index contributed by atoms with van der Waals surface area (Å²) in [5.74, 6) is 1.01. The molecule has 2 aliphatic heterocycles. The lowest BCUT2D eigenvalue weighted by Crippen LogP contribution is -2.50. The van der Waals surface area contributed by atoms with Gasteiger partial charge in [0.2, 0.25) is 0 Å². The Bertz CT molecular complexity index is 585. The standard InChI is InChI=1S/C19H30N4O2/c1-15-5-3-4-8-23(15)18-13-17(6-7-20-18)19(25)22-11-9-21(10-12-22)14-16(2)24/h6-7,13,15-16,24H,3-5,8-12,14H2,1-2H3/t15-,16-/m0/s1. The normalized spacial score (nSPS) is 23.6. The van der Waals surface area contributed by atoms with Gasteiger partial charge in [-0.3, -0.25) is 9.69 Å². The molecule has 1 aromatic heterocycles. The lowest BCUT2D eigenvalue weighted by molar-refractivity contribution is 0.0554. The number of rotatable bonds is 4.